The van der Waals surface area contributed by atoms with Gasteiger partial charge in [0.05, 0.1) is 6.10 Å². The Labute approximate surface area is 148 Å². The number of aliphatic hydroxyl groups is 1. The molecule has 6 nitrogen and oxygen atoms in total. The highest BCUT2D eigenvalue weighted by Gasteiger charge is 2.17. The first kappa shape index (κ1) is 18.1. The summed E-state index contributed by atoms with van der Waals surface area (Å²) in [5.74, 6) is -1.34. The Morgan fingerprint density at radius 2 is 1.92 bits per heavy atom. The number of pyridine rings is 1. The van der Waals surface area contributed by atoms with Crippen molar-refractivity contribution in [2.75, 3.05) is 11.9 Å². The number of benzene rings is 1. The van der Waals surface area contributed by atoms with Crippen LogP contribution < -0.4 is 10.6 Å². The number of aromatic nitrogens is 1. The second-order valence-electron chi connectivity index (χ2n) is 5.36. The second-order valence-corrected chi connectivity index (χ2v) is 6.27. The van der Waals surface area contributed by atoms with Crippen LogP contribution >= 0.6 is 15.9 Å². The molecule has 0 radical (unpaired) electrons. The molecule has 1 atom stereocenters. The quantitative estimate of drug-likeness (QED) is 0.697. The lowest BCUT2D eigenvalue weighted by Gasteiger charge is -2.14. The van der Waals surface area contributed by atoms with Crippen molar-refractivity contribution in [2.45, 2.75) is 20.0 Å². The topological polar surface area (TPSA) is 91.3 Å². The van der Waals surface area contributed by atoms with E-state index in [1.807, 2.05) is 25.1 Å². The molecule has 7 heteroatoms. The Bertz CT molecular complexity index is 764. The van der Waals surface area contributed by atoms with E-state index in [9.17, 15) is 14.7 Å². The molecular formula is C17H18BrN3O3. The summed E-state index contributed by atoms with van der Waals surface area (Å²) in [6.07, 6.45) is 0.651. The summed E-state index contributed by atoms with van der Waals surface area (Å²) in [4.78, 5) is 27.8. The van der Waals surface area contributed by atoms with Crippen LogP contribution in [0, 0.1) is 13.8 Å². The van der Waals surface area contributed by atoms with Crippen molar-refractivity contribution < 1.29 is 14.7 Å². The molecule has 0 bridgehead atoms. The zero-order valence-corrected chi connectivity index (χ0v) is 14.9. The van der Waals surface area contributed by atoms with Crippen LogP contribution in [0.15, 0.2) is 41.0 Å². The fourth-order valence-electron chi connectivity index (χ4n) is 2.18. The lowest BCUT2D eigenvalue weighted by Crippen LogP contribution is -2.38. The largest absolute Gasteiger partial charge is 0.387 e. The fourth-order valence-corrected chi connectivity index (χ4v) is 2.62. The zero-order chi connectivity index (χ0) is 17.7. The summed E-state index contributed by atoms with van der Waals surface area (Å²) in [7, 11) is 0. The number of carbonyl (C=O) groups excluding carboxylic acids is 2. The van der Waals surface area contributed by atoms with E-state index in [1.54, 1.807) is 19.1 Å². The molecule has 0 saturated heterocycles. The molecule has 0 fully saturated rings. The van der Waals surface area contributed by atoms with Crippen molar-refractivity contribution in [3.8, 4) is 0 Å². The van der Waals surface area contributed by atoms with E-state index < -0.39 is 17.9 Å². The average Bonchev–Trinajstić information content (AvgIpc) is 2.55. The van der Waals surface area contributed by atoms with Gasteiger partial charge in [-0.2, -0.15) is 0 Å². The third-order valence-corrected chi connectivity index (χ3v) is 3.92. The van der Waals surface area contributed by atoms with Gasteiger partial charge < -0.3 is 15.7 Å². The maximum atomic E-state index is 11.9. The molecule has 0 aliphatic rings. The molecule has 126 valence electrons. The van der Waals surface area contributed by atoms with Gasteiger partial charge in [0, 0.05) is 17.2 Å². The lowest BCUT2D eigenvalue weighted by molar-refractivity contribution is -0.136. The first-order chi connectivity index (χ1) is 11.4. The molecule has 1 aromatic carbocycles. The molecule has 1 aromatic heterocycles. The molecule has 0 spiro atoms. The van der Waals surface area contributed by atoms with Crippen molar-refractivity contribution in [2.24, 2.45) is 0 Å². The van der Waals surface area contributed by atoms with Crippen LogP contribution in [0.1, 0.15) is 22.8 Å². The van der Waals surface area contributed by atoms with Crippen LogP contribution in [-0.2, 0) is 9.59 Å². The minimum atomic E-state index is -0.879. The molecule has 24 heavy (non-hydrogen) atoms. The summed E-state index contributed by atoms with van der Waals surface area (Å²) in [6, 6.07) is 9.10. The molecule has 2 aromatic rings. The average molecular weight is 392 g/mol. The van der Waals surface area contributed by atoms with Gasteiger partial charge in [-0.15, -0.1) is 0 Å². The van der Waals surface area contributed by atoms with Gasteiger partial charge in [-0.1, -0.05) is 24.3 Å². The highest BCUT2D eigenvalue weighted by atomic mass is 79.9. The minimum absolute atomic E-state index is 0.0517. The van der Waals surface area contributed by atoms with Crippen LogP contribution in [0.2, 0.25) is 0 Å². The second kappa shape index (κ2) is 8.03. The van der Waals surface area contributed by atoms with E-state index in [1.165, 1.54) is 6.20 Å². The number of anilines is 1. The Balaban J connectivity index is 1.92. The molecule has 0 unspecified atom stereocenters. The lowest BCUT2D eigenvalue weighted by atomic mass is 10.0. The van der Waals surface area contributed by atoms with Gasteiger partial charge in [0.15, 0.2) is 0 Å². The number of hydrogen-bond acceptors (Lipinski definition) is 4. The van der Waals surface area contributed by atoms with Gasteiger partial charge in [-0.05, 0) is 52.5 Å². The molecule has 0 aliphatic heterocycles. The predicted molar refractivity (Wildman–Crippen MR) is 94.5 cm³/mol. The maximum absolute atomic E-state index is 11.9. The molecular weight excluding hydrogens is 374 g/mol. The van der Waals surface area contributed by atoms with E-state index in [4.69, 9.17) is 0 Å². The standard InChI is InChI=1S/C17H18BrN3O3/c1-10-5-3-4-6-13(10)14(22)9-20-16(23)17(24)21-15-11(2)7-12(18)8-19-15/h3-8,14,22H,9H2,1-2H3,(H,20,23)(H,19,21,24)/t14-/m0/s1. The van der Waals surface area contributed by atoms with Gasteiger partial charge >= 0.3 is 11.8 Å². The normalized spacial score (nSPS) is 11.7. The summed E-state index contributed by atoms with van der Waals surface area (Å²) >= 11 is 3.28. The van der Waals surface area contributed by atoms with Crippen molar-refractivity contribution in [3.63, 3.8) is 0 Å². The Hall–Kier alpha value is -2.25. The highest BCUT2D eigenvalue weighted by molar-refractivity contribution is 9.10. The number of aryl methyl sites for hydroxylation is 2. The van der Waals surface area contributed by atoms with Gasteiger partial charge in [0.2, 0.25) is 0 Å². The first-order valence-electron chi connectivity index (χ1n) is 7.33. The Kier molecular flexibility index (Phi) is 6.05. The monoisotopic (exact) mass is 391 g/mol. The van der Waals surface area contributed by atoms with Crippen molar-refractivity contribution >= 4 is 33.6 Å². The van der Waals surface area contributed by atoms with E-state index in [-0.39, 0.29) is 6.54 Å². The van der Waals surface area contributed by atoms with Crippen LogP contribution in [0.3, 0.4) is 0 Å². The molecule has 2 amide bonds. The summed E-state index contributed by atoms with van der Waals surface area (Å²) < 4.78 is 0.781. The van der Waals surface area contributed by atoms with Crippen molar-refractivity contribution in [1.82, 2.24) is 10.3 Å². The number of nitrogens with zero attached hydrogens (tertiary/aromatic N) is 1. The molecule has 1 heterocycles. The minimum Gasteiger partial charge on any atom is -0.387 e. The summed E-state index contributed by atoms with van der Waals surface area (Å²) in [5.41, 5.74) is 2.35. The number of rotatable bonds is 4. The predicted octanol–water partition coefficient (Wildman–Crippen LogP) is 2.25. The third-order valence-electron chi connectivity index (χ3n) is 3.49. The highest BCUT2D eigenvalue weighted by Crippen LogP contribution is 2.17. The first-order valence-corrected chi connectivity index (χ1v) is 8.12. The van der Waals surface area contributed by atoms with Crippen molar-refractivity contribution in [3.05, 3.63) is 57.7 Å². The van der Waals surface area contributed by atoms with Crippen LogP contribution in [0.25, 0.3) is 0 Å². The van der Waals surface area contributed by atoms with Crippen LogP contribution in [-0.4, -0.2) is 28.4 Å². The third kappa shape index (κ3) is 4.62. The summed E-state index contributed by atoms with van der Waals surface area (Å²) in [6.45, 7) is 3.59. The number of carbonyl (C=O) groups is 2. The molecule has 0 saturated carbocycles. The molecule has 0 aliphatic carbocycles. The number of halogens is 1. The van der Waals surface area contributed by atoms with E-state index in [0.29, 0.717) is 11.4 Å². The van der Waals surface area contributed by atoms with E-state index in [0.717, 1.165) is 15.6 Å². The Morgan fingerprint density at radius 3 is 2.58 bits per heavy atom. The van der Waals surface area contributed by atoms with E-state index >= 15 is 0 Å². The number of nitrogens with one attached hydrogen (secondary N) is 2. The number of amides is 2. The SMILES string of the molecule is Cc1ccccc1[C@@H](O)CNC(=O)C(=O)Nc1ncc(Br)cc1C. The molecule has 3 N–H and O–H groups in total. The number of aliphatic hydroxyl groups excluding tert-OH is 1. The Morgan fingerprint density at radius 1 is 1.21 bits per heavy atom. The fraction of sp³-hybridized carbons (Fsp3) is 0.235. The van der Waals surface area contributed by atoms with Crippen LogP contribution in [0.4, 0.5) is 5.82 Å². The van der Waals surface area contributed by atoms with Gasteiger partial charge in [0.25, 0.3) is 0 Å². The molecule has 2 rings (SSSR count). The zero-order valence-electron chi connectivity index (χ0n) is 13.3. The van der Waals surface area contributed by atoms with Crippen LogP contribution in [0.5, 0.6) is 0 Å². The summed E-state index contributed by atoms with van der Waals surface area (Å²) in [5, 5.41) is 15.0. The number of hydrogen-bond donors (Lipinski definition) is 3. The van der Waals surface area contributed by atoms with Gasteiger partial charge in [-0.3, -0.25) is 9.59 Å². The maximum Gasteiger partial charge on any atom is 0.314 e. The van der Waals surface area contributed by atoms with Crippen molar-refractivity contribution in [1.29, 1.82) is 0 Å². The van der Waals surface area contributed by atoms with E-state index in [2.05, 4.69) is 31.5 Å². The van der Waals surface area contributed by atoms with Gasteiger partial charge in [-0.25, -0.2) is 4.98 Å². The smallest absolute Gasteiger partial charge is 0.314 e. The van der Waals surface area contributed by atoms with Gasteiger partial charge in [0.1, 0.15) is 5.82 Å².